The fourth-order valence-corrected chi connectivity index (χ4v) is 2.53. The van der Waals surface area contributed by atoms with E-state index in [2.05, 4.69) is 15.3 Å². The minimum absolute atomic E-state index is 0.189. The van der Waals surface area contributed by atoms with Gasteiger partial charge in [0.15, 0.2) is 0 Å². The van der Waals surface area contributed by atoms with Gasteiger partial charge in [-0.15, -0.1) is 0 Å². The molecular formula is C17H14ClN5O3. The van der Waals surface area contributed by atoms with Crippen molar-refractivity contribution in [2.45, 2.75) is 0 Å². The van der Waals surface area contributed by atoms with Gasteiger partial charge in [-0.25, -0.2) is 19.7 Å². The Morgan fingerprint density at radius 1 is 1.12 bits per heavy atom. The number of rotatable bonds is 3. The molecule has 0 atom stereocenters. The molecule has 1 saturated heterocycles. The van der Waals surface area contributed by atoms with Crippen LogP contribution in [0.5, 0.6) is 0 Å². The third kappa shape index (κ3) is 3.27. The van der Waals surface area contributed by atoms with E-state index < -0.39 is 17.8 Å². The highest BCUT2D eigenvalue weighted by atomic mass is 35.5. The van der Waals surface area contributed by atoms with Gasteiger partial charge >= 0.3 is 6.03 Å². The molecule has 1 aliphatic heterocycles. The summed E-state index contributed by atoms with van der Waals surface area (Å²) in [4.78, 5) is 47.8. The third-order valence-electron chi connectivity index (χ3n) is 3.56. The summed E-state index contributed by atoms with van der Waals surface area (Å²) in [5.74, 6) is -1.08. The number of benzene rings is 1. The van der Waals surface area contributed by atoms with Crippen LogP contribution in [0.3, 0.4) is 0 Å². The number of para-hydroxylation sites is 1. The summed E-state index contributed by atoms with van der Waals surface area (Å²) in [7, 11) is 3.58. The number of nitrogens with one attached hydrogen (secondary N) is 1. The molecule has 0 aliphatic carbocycles. The van der Waals surface area contributed by atoms with Crippen molar-refractivity contribution in [2.75, 3.05) is 23.9 Å². The highest BCUT2D eigenvalue weighted by Gasteiger charge is 2.37. The van der Waals surface area contributed by atoms with Gasteiger partial charge in [-0.05, 0) is 18.2 Å². The number of carbonyl (C=O) groups excluding carboxylic acids is 3. The second kappa shape index (κ2) is 6.93. The molecule has 8 nitrogen and oxygen atoms in total. The molecule has 4 amide bonds. The van der Waals surface area contributed by atoms with Gasteiger partial charge < -0.3 is 4.90 Å². The molecule has 2 aromatic rings. The molecule has 3 rings (SSSR count). The summed E-state index contributed by atoms with van der Waals surface area (Å²) in [5, 5.41) is 2.35. The van der Waals surface area contributed by atoms with Gasteiger partial charge in [0.2, 0.25) is 5.95 Å². The maximum atomic E-state index is 12.7. The predicted octanol–water partition coefficient (Wildman–Crippen LogP) is 1.86. The minimum Gasteiger partial charge on any atom is -0.347 e. The molecule has 1 aliphatic rings. The molecule has 9 heteroatoms. The summed E-state index contributed by atoms with van der Waals surface area (Å²) in [6.45, 7) is 0. The lowest BCUT2D eigenvalue weighted by atomic mass is 10.1. The molecule has 1 aromatic heterocycles. The van der Waals surface area contributed by atoms with E-state index in [-0.39, 0.29) is 16.3 Å². The van der Waals surface area contributed by atoms with Gasteiger partial charge in [0.1, 0.15) is 5.57 Å². The van der Waals surface area contributed by atoms with Crippen LogP contribution in [0.1, 0.15) is 5.56 Å². The van der Waals surface area contributed by atoms with Gasteiger partial charge in [-0.2, -0.15) is 0 Å². The molecule has 0 saturated carbocycles. The number of imide groups is 2. The van der Waals surface area contributed by atoms with Crippen molar-refractivity contribution in [3.05, 3.63) is 52.8 Å². The average Bonchev–Trinajstić information content (AvgIpc) is 2.60. The maximum absolute atomic E-state index is 12.7. The molecule has 26 heavy (non-hydrogen) atoms. The van der Waals surface area contributed by atoms with E-state index in [4.69, 9.17) is 11.6 Å². The van der Waals surface area contributed by atoms with Gasteiger partial charge in [-0.3, -0.25) is 14.9 Å². The lowest BCUT2D eigenvalue weighted by molar-refractivity contribution is -0.122. The number of urea groups is 1. The predicted molar refractivity (Wildman–Crippen MR) is 96.8 cm³/mol. The number of barbiturate groups is 1. The number of nitrogens with zero attached hydrogens (tertiary/aromatic N) is 4. The molecule has 2 heterocycles. The zero-order valence-corrected chi connectivity index (χ0v) is 14.7. The van der Waals surface area contributed by atoms with Crippen LogP contribution in [0.15, 0.2) is 42.2 Å². The van der Waals surface area contributed by atoms with E-state index in [1.807, 2.05) is 0 Å². The van der Waals surface area contributed by atoms with Crippen LogP contribution < -0.4 is 15.1 Å². The first-order chi connectivity index (χ1) is 12.4. The van der Waals surface area contributed by atoms with Crippen molar-refractivity contribution in [3.63, 3.8) is 0 Å². The minimum atomic E-state index is -0.857. The smallest absolute Gasteiger partial charge is 0.335 e. The van der Waals surface area contributed by atoms with E-state index in [0.717, 1.165) is 4.90 Å². The molecule has 0 unspecified atom stereocenters. The van der Waals surface area contributed by atoms with Crippen molar-refractivity contribution in [1.82, 2.24) is 15.3 Å². The fourth-order valence-electron chi connectivity index (χ4n) is 2.31. The Morgan fingerprint density at radius 2 is 1.77 bits per heavy atom. The highest BCUT2D eigenvalue weighted by molar-refractivity contribution is 6.42. The Balaban J connectivity index is 1.99. The Morgan fingerprint density at radius 3 is 2.38 bits per heavy atom. The van der Waals surface area contributed by atoms with Gasteiger partial charge in [0.25, 0.3) is 11.8 Å². The average molecular weight is 372 g/mol. The molecule has 0 bridgehead atoms. The highest BCUT2D eigenvalue weighted by Crippen LogP contribution is 2.28. The van der Waals surface area contributed by atoms with Crippen molar-refractivity contribution in [2.24, 2.45) is 0 Å². The standard InChI is InChI=1S/C17H14ClN5O3/c1-22(2)16-19-8-10(9-20-16)7-11-14(24)21-17(26)23(15(11)25)13-6-4-3-5-12(13)18/h3-9H,1-2H3,(H,21,24,26)/b11-7-. The number of hydrogen-bond donors (Lipinski definition) is 1. The zero-order chi connectivity index (χ0) is 18.8. The molecule has 0 spiro atoms. The quantitative estimate of drug-likeness (QED) is 0.653. The Labute approximate surface area is 154 Å². The lowest BCUT2D eigenvalue weighted by Crippen LogP contribution is -2.54. The first-order valence-electron chi connectivity index (χ1n) is 7.54. The normalized spacial score (nSPS) is 16.0. The summed E-state index contributed by atoms with van der Waals surface area (Å²) in [6, 6.07) is 5.51. The summed E-state index contributed by atoms with van der Waals surface area (Å²) in [6.07, 6.45) is 4.28. The second-order valence-corrected chi connectivity index (χ2v) is 6.03. The molecule has 0 radical (unpaired) electrons. The Kier molecular flexibility index (Phi) is 4.68. The fraction of sp³-hybridized carbons (Fsp3) is 0.118. The molecule has 1 fully saturated rings. The number of hydrogen-bond acceptors (Lipinski definition) is 6. The van der Waals surface area contributed by atoms with E-state index in [1.165, 1.54) is 24.5 Å². The van der Waals surface area contributed by atoms with E-state index in [1.54, 1.807) is 37.2 Å². The van der Waals surface area contributed by atoms with Crippen molar-refractivity contribution in [1.29, 1.82) is 0 Å². The van der Waals surface area contributed by atoms with Gasteiger partial charge in [0.05, 0.1) is 10.7 Å². The molecule has 1 N–H and O–H groups in total. The van der Waals surface area contributed by atoms with Crippen LogP contribution >= 0.6 is 11.6 Å². The van der Waals surface area contributed by atoms with Crippen LogP contribution in [-0.4, -0.2) is 41.9 Å². The number of amides is 4. The van der Waals surface area contributed by atoms with Crippen molar-refractivity contribution < 1.29 is 14.4 Å². The van der Waals surface area contributed by atoms with Crippen molar-refractivity contribution >= 4 is 47.2 Å². The van der Waals surface area contributed by atoms with Gasteiger partial charge in [0, 0.05) is 32.1 Å². The van der Waals surface area contributed by atoms with E-state index in [9.17, 15) is 14.4 Å². The largest absolute Gasteiger partial charge is 0.347 e. The summed E-state index contributed by atoms with van der Waals surface area (Å²) in [5.41, 5.74) is 0.419. The second-order valence-electron chi connectivity index (χ2n) is 5.62. The molecule has 1 aromatic carbocycles. The topological polar surface area (TPSA) is 95.5 Å². The lowest BCUT2D eigenvalue weighted by Gasteiger charge is -2.26. The molecular weight excluding hydrogens is 358 g/mol. The summed E-state index contributed by atoms with van der Waals surface area (Å²) < 4.78 is 0. The summed E-state index contributed by atoms with van der Waals surface area (Å²) >= 11 is 6.08. The monoisotopic (exact) mass is 371 g/mol. The van der Waals surface area contributed by atoms with Crippen molar-refractivity contribution in [3.8, 4) is 0 Å². The van der Waals surface area contributed by atoms with Crippen LogP contribution in [0, 0.1) is 0 Å². The molecule has 132 valence electrons. The number of aromatic nitrogens is 2. The van der Waals surface area contributed by atoms with Crippen LogP contribution in [0.2, 0.25) is 5.02 Å². The van der Waals surface area contributed by atoms with Crippen LogP contribution in [0.4, 0.5) is 16.4 Å². The Bertz CT molecular complexity index is 924. The van der Waals surface area contributed by atoms with Crippen LogP contribution in [-0.2, 0) is 9.59 Å². The number of halogens is 1. The number of carbonyl (C=O) groups is 3. The first kappa shape index (κ1) is 17.6. The third-order valence-corrected chi connectivity index (χ3v) is 3.88. The Hall–Kier alpha value is -3.26. The van der Waals surface area contributed by atoms with Gasteiger partial charge in [-0.1, -0.05) is 23.7 Å². The first-order valence-corrected chi connectivity index (χ1v) is 7.91. The number of anilines is 2. The zero-order valence-electron chi connectivity index (χ0n) is 13.9. The van der Waals surface area contributed by atoms with E-state index >= 15 is 0 Å². The van der Waals surface area contributed by atoms with Crippen LogP contribution in [0.25, 0.3) is 6.08 Å². The van der Waals surface area contributed by atoms with E-state index in [0.29, 0.717) is 11.5 Å². The maximum Gasteiger partial charge on any atom is 0.335 e. The SMILES string of the molecule is CN(C)c1ncc(/C=C2/C(=O)NC(=O)N(c3ccccc3Cl)C2=O)cn1.